The second-order valence-electron chi connectivity index (χ2n) is 2.56. The van der Waals surface area contributed by atoms with Gasteiger partial charge in [-0.15, -0.1) is 0 Å². The molecule has 13 heavy (non-hydrogen) atoms. The van der Waals surface area contributed by atoms with Crippen LogP contribution in [0.15, 0.2) is 0 Å². The molecule has 0 aromatic rings. The van der Waals surface area contributed by atoms with Gasteiger partial charge in [-0.2, -0.15) is 0 Å². The number of hydrogen-bond donors (Lipinski definition) is 2. The molecule has 0 radical (unpaired) electrons. The summed E-state index contributed by atoms with van der Waals surface area (Å²) < 4.78 is 50.9. The molecule has 0 aliphatic heterocycles. The van der Waals surface area contributed by atoms with Crippen molar-refractivity contribution in [3.8, 4) is 0 Å². The first-order chi connectivity index (χ1) is 5.37. The maximum atomic E-state index is 10.8. The molecule has 0 saturated carbocycles. The predicted molar refractivity (Wildman–Crippen MR) is 45.5 cm³/mol. The highest BCUT2D eigenvalue weighted by Gasteiger charge is 2.46. The van der Waals surface area contributed by atoms with Gasteiger partial charge in [0.15, 0.2) is 19.7 Å². The van der Waals surface area contributed by atoms with Crippen molar-refractivity contribution >= 4 is 27.3 Å². The highest BCUT2D eigenvalue weighted by Crippen LogP contribution is 2.46. The summed E-state index contributed by atoms with van der Waals surface area (Å²) in [6.45, 7) is 0. The lowest BCUT2D eigenvalue weighted by Crippen LogP contribution is -2.28. The molecule has 80 valence electrons. The Kier molecular flexibility index (Phi) is 3.33. The number of sulfone groups is 2. The van der Waals surface area contributed by atoms with Crippen molar-refractivity contribution in [1.82, 2.24) is 0 Å². The molecule has 7 nitrogen and oxygen atoms in total. The van der Waals surface area contributed by atoms with Crippen LogP contribution in [0.3, 0.4) is 0 Å². The van der Waals surface area contributed by atoms with E-state index in [9.17, 15) is 21.4 Å². The Balaban J connectivity index is 5.71. The molecule has 2 N–H and O–H groups in total. The fourth-order valence-electron chi connectivity index (χ4n) is 0.816. The maximum absolute atomic E-state index is 10.8. The van der Waals surface area contributed by atoms with Crippen molar-refractivity contribution in [1.29, 1.82) is 0 Å². The lowest BCUT2D eigenvalue weighted by molar-refractivity contribution is 0.375. The summed E-state index contributed by atoms with van der Waals surface area (Å²) in [4.78, 5) is 17.0. The molecule has 0 bridgehead atoms. The van der Waals surface area contributed by atoms with Gasteiger partial charge in [0.25, 0.3) is 4.32 Å². The summed E-state index contributed by atoms with van der Waals surface area (Å²) >= 11 is 0. The van der Waals surface area contributed by atoms with Crippen LogP contribution >= 0.6 is 7.60 Å². The second kappa shape index (κ2) is 3.32. The van der Waals surface area contributed by atoms with Crippen LogP contribution in [0.4, 0.5) is 0 Å². The third-order valence-corrected chi connectivity index (χ3v) is 9.06. The Morgan fingerprint density at radius 2 is 1.23 bits per heavy atom. The van der Waals surface area contributed by atoms with E-state index in [4.69, 9.17) is 9.79 Å². The van der Waals surface area contributed by atoms with Gasteiger partial charge < -0.3 is 9.79 Å². The van der Waals surface area contributed by atoms with Crippen LogP contribution in [-0.4, -0.2) is 43.5 Å². The van der Waals surface area contributed by atoms with E-state index < -0.39 is 31.6 Å². The first kappa shape index (κ1) is 13.1. The van der Waals surface area contributed by atoms with Crippen LogP contribution < -0.4 is 0 Å². The normalized spacial score (nSPS) is 14.8. The van der Waals surface area contributed by atoms with Gasteiger partial charge >= 0.3 is 7.60 Å². The van der Waals surface area contributed by atoms with Gasteiger partial charge in [0.2, 0.25) is 0 Å². The van der Waals surface area contributed by atoms with E-state index >= 15 is 0 Å². The Bertz CT molecular complexity index is 392. The summed E-state index contributed by atoms with van der Waals surface area (Å²) in [5.74, 6) is 0. The third kappa shape index (κ3) is 3.74. The minimum atomic E-state index is -5.19. The topological polar surface area (TPSA) is 126 Å². The van der Waals surface area contributed by atoms with E-state index in [0.717, 1.165) is 0 Å². The van der Waals surface area contributed by atoms with Gasteiger partial charge in [-0.05, 0) is 0 Å². The smallest absolute Gasteiger partial charge is 0.323 e. The molecule has 0 amide bonds. The van der Waals surface area contributed by atoms with Crippen LogP contribution in [-0.2, 0) is 24.2 Å². The fourth-order valence-corrected chi connectivity index (χ4v) is 7.35. The zero-order valence-corrected chi connectivity index (χ0v) is 9.30. The summed E-state index contributed by atoms with van der Waals surface area (Å²) in [6.07, 6.45) is 0.912. The molecule has 0 heterocycles. The monoisotopic (exact) mass is 252 g/mol. The van der Waals surface area contributed by atoms with E-state index in [1.807, 2.05) is 0 Å². The van der Waals surface area contributed by atoms with Crippen molar-refractivity contribution in [3.63, 3.8) is 0 Å². The van der Waals surface area contributed by atoms with Gasteiger partial charge in [-0.3, -0.25) is 4.57 Å². The molecule has 0 spiro atoms. The van der Waals surface area contributed by atoms with Crippen LogP contribution in [0.1, 0.15) is 0 Å². The van der Waals surface area contributed by atoms with Gasteiger partial charge in [0.1, 0.15) is 0 Å². The summed E-state index contributed by atoms with van der Waals surface area (Å²) in [5.41, 5.74) is 0. The van der Waals surface area contributed by atoms with E-state index in [0.29, 0.717) is 12.5 Å². The highest BCUT2D eigenvalue weighted by molar-refractivity contribution is 8.15. The van der Waals surface area contributed by atoms with Crippen molar-refractivity contribution in [2.24, 2.45) is 0 Å². The number of hydrogen-bond acceptors (Lipinski definition) is 5. The van der Waals surface area contributed by atoms with E-state index in [2.05, 4.69) is 0 Å². The van der Waals surface area contributed by atoms with Gasteiger partial charge in [0, 0.05) is 12.5 Å². The average molecular weight is 252 g/mol. The first-order valence-corrected chi connectivity index (χ1v) is 8.39. The van der Waals surface area contributed by atoms with Crippen LogP contribution in [0, 0.1) is 0 Å². The summed E-state index contributed by atoms with van der Waals surface area (Å²) in [7, 11) is -13.9. The van der Waals surface area contributed by atoms with Crippen LogP contribution in [0.2, 0.25) is 0 Å². The second-order valence-corrected chi connectivity index (χ2v) is 9.51. The molecule has 0 fully saturated rings. The molecule has 0 aliphatic carbocycles. The lowest BCUT2D eigenvalue weighted by Gasteiger charge is -2.13. The molecule has 0 saturated heterocycles. The molecule has 0 unspecified atom stereocenters. The largest absolute Gasteiger partial charge is 0.358 e. The summed E-state index contributed by atoms with van der Waals surface area (Å²) in [5, 5.41) is 0. The maximum Gasteiger partial charge on any atom is 0.358 e. The van der Waals surface area contributed by atoms with Gasteiger partial charge in [-0.1, -0.05) is 0 Å². The van der Waals surface area contributed by atoms with Crippen molar-refractivity contribution in [3.05, 3.63) is 0 Å². The molecular formula is C3H9O7PS2. The van der Waals surface area contributed by atoms with E-state index in [1.165, 1.54) is 0 Å². The van der Waals surface area contributed by atoms with Crippen molar-refractivity contribution in [2.75, 3.05) is 12.5 Å². The van der Waals surface area contributed by atoms with Gasteiger partial charge in [-0.25, -0.2) is 16.8 Å². The van der Waals surface area contributed by atoms with E-state index in [-0.39, 0.29) is 0 Å². The standard InChI is InChI=1S/C3H9O7PS2/c1-12(7,8)3(11(4,5)6)13(2,9)10/h3H,1-2H3,(H2,4,5,6). The van der Waals surface area contributed by atoms with Crippen molar-refractivity contribution in [2.45, 2.75) is 4.32 Å². The third-order valence-electron chi connectivity index (χ3n) is 1.01. The van der Waals surface area contributed by atoms with Crippen LogP contribution in [0.25, 0.3) is 0 Å². The van der Waals surface area contributed by atoms with Crippen LogP contribution in [0.5, 0.6) is 0 Å². The molecule has 10 heteroatoms. The molecule has 0 atom stereocenters. The molecular weight excluding hydrogens is 243 g/mol. The number of rotatable bonds is 3. The molecule has 0 aromatic heterocycles. The summed E-state index contributed by atoms with van der Waals surface area (Å²) in [6, 6.07) is 0. The Morgan fingerprint density at radius 3 is 1.23 bits per heavy atom. The molecule has 0 aliphatic rings. The fraction of sp³-hybridized carbons (Fsp3) is 1.00. The Hall–Kier alpha value is 0.0500. The van der Waals surface area contributed by atoms with Gasteiger partial charge in [0.05, 0.1) is 0 Å². The highest BCUT2D eigenvalue weighted by atomic mass is 32.3. The first-order valence-electron chi connectivity index (χ1n) is 2.80. The quantitative estimate of drug-likeness (QED) is 0.587. The zero-order valence-electron chi connectivity index (χ0n) is 6.78. The zero-order chi connectivity index (χ0) is 11.1. The Labute approximate surface area is 75.8 Å². The predicted octanol–water partition coefficient (Wildman–Crippen LogP) is -1.46. The van der Waals surface area contributed by atoms with Crippen molar-refractivity contribution < 1.29 is 31.2 Å². The Morgan fingerprint density at radius 1 is 1.00 bits per heavy atom. The van der Waals surface area contributed by atoms with E-state index in [1.54, 1.807) is 0 Å². The molecule has 0 rings (SSSR count). The minimum Gasteiger partial charge on any atom is -0.323 e. The SMILES string of the molecule is CS(=O)(=O)C(P(=O)(O)O)S(C)(=O)=O. The minimum absolute atomic E-state index is 0.456. The molecule has 0 aromatic carbocycles. The average Bonchev–Trinajstić information content (AvgIpc) is 1.44. The lowest BCUT2D eigenvalue weighted by atomic mass is 11.8.